The van der Waals surface area contributed by atoms with Gasteiger partial charge in [0.25, 0.3) is 0 Å². The zero-order valence-electron chi connectivity index (χ0n) is 16.6. The maximum Gasteiger partial charge on any atom is 0.226 e. The summed E-state index contributed by atoms with van der Waals surface area (Å²) in [6.45, 7) is 6.80. The lowest BCUT2D eigenvalue weighted by atomic mass is 9.72. The van der Waals surface area contributed by atoms with Gasteiger partial charge in [0.05, 0.1) is 6.42 Å². The lowest BCUT2D eigenvalue weighted by Gasteiger charge is -2.47. The molecule has 0 saturated carbocycles. The minimum Gasteiger partial charge on any atom is -0.378 e. The summed E-state index contributed by atoms with van der Waals surface area (Å²) in [5.41, 5.74) is 2.38. The SMILES string of the molecule is C=CCN1CC2(CCC1=O)CCN(C(=O)Cc1ccc(N(C)C)cc1)CC2. The van der Waals surface area contributed by atoms with Crippen molar-refractivity contribution in [2.75, 3.05) is 45.2 Å². The minimum atomic E-state index is 0.182. The van der Waals surface area contributed by atoms with Crippen molar-refractivity contribution in [3.63, 3.8) is 0 Å². The van der Waals surface area contributed by atoms with Crippen molar-refractivity contribution in [1.29, 1.82) is 0 Å². The van der Waals surface area contributed by atoms with E-state index in [0.29, 0.717) is 19.4 Å². The van der Waals surface area contributed by atoms with E-state index in [9.17, 15) is 9.59 Å². The molecule has 0 N–H and O–H groups in total. The van der Waals surface area contributed by atoms with Gasteiger partial charge >= 0.3 is 0 Å². The van der Waals surface area contributed by atoms with Gasteiger partial charge in [-0.05, 0) is 42.4 Å². The number of hydrogen-bond acceptors (Lipinski definition) is 3. The summed E-state index contributed by atoms with van der Waals surface area (Å²) in [7, 11) is 4.03. The van der Waals surface area contributed by atoms with Gasteiger partial charge in [0, 0.05) is 52.4 Å². The minimum absolute atomic E-state index is 0.182. The Kier molecular flexibility index (Phi) is 5.88. The number of anilines is 1. The first-order chi connectivity index (χ1) is 12.9. The fourth-order valence-corrected chi connectivity index (χ4v) is 4.26. The fourth-order valence-electron chi connectivity index (χ4n) is 4.26. The number of piperidine rings is 2. The van der Waals surface area contributed by atoms with E-state index in [2.05, 4.69) is 23.6 Å². The fraction of sp³-hybridized carbons (Fsp3) is 0.545. The monoisotopic (exact) mass is 369 g/mol. The lowest BCUT2D eigenvalue weighted by Crippen LogP contribution is -2.52. The van der Waals surface area contributed by atoms with Crippen molar-refractivity contribution in [2.24, 2.45) is 5.41 Å². The van der Waals surface area contributed by atoms with E-state index in [0.717, 1.165) is 50.1 Å². The number of hydrogen-bond donors (Lipinski definition) is 0. The van der Waals surface area contributed by atoms with E-state index in [1.807, 2.05) is 36.0 Å². The molecule has 0 unspecified atom stereocenters. The first kappa shape index (κ1) is 19.5. The smallest absolute Gasteiger partial charge is 0.226 e. The van der Waals surface area contributed by atoms with Crippen LogP contribution in [0.1, 0.15) is 31.2 Å². The van der Waals surface area contributed by atoms with Gasteiger partial charge in [0.2, 0.25) is 11.8 Å². The maximum absolute atomic E-state index is 12.7. The van der Waals surface area contributed by atoms with Crippen molar-refractivity contribution in [3.05, 3.63) is 42.5 Å². The van der Waals surface area contributed by atoms with Crippen LogP contribution in [-0.4, -0.2) is 61.9 Å². The van der Waals surface area contributed by atoms with Crippen LogP contribution >= 0.6 is 0 Å². The van der Waals surface area contributed by atoms with Gasteiger partial charge in [-0.25, -0.2) is 0 Å². The molecule has 2 fully saturated rings. The van der Waals surface area contributed by atoms with Crippen LogP contribution in [0.15, 0.2) is 36.9 Å². The number of amides is 2. The van der Waals surface area contributed by atoms with E-state index in [1.165, 1.54) is 0 Å². The molecule has 0 bridgehead atoms. The van der Waals surface area contributed by atoms with Crippen LogP contribution < -0.4 is 4.90 Å². The van der Waals surface area contributed by atoms with Crippen molar-refractivity contribution >= 4 is 17.5 Å². The highest BCUT2D eigenvalue weighted by Gasteiger charge is 2.41. The summed E-state index contributed by atoms with van der Waals surface area (Å²) in [5, 5.41) is 0. The molecule has 2 amide bonds. The Balaban J connectivity index is 1.54. The molecule has 146 valence electrons. The van der Waals surface area contributed by atoms with Crippen LogP contribution in [0.25, 0.3) is 0 Å². The summed E-state index contributed by atoms with van der Waals surface area (Å²) in [6, 6.07) is 8.19. The van der Waals surface area contributed by atoms with Crippen LogP contribution in [0, 0.1) is 5.41 Å². The highest BCUT2D eigenvalue weighted by molar-refractivity contribution is 5.79. The largest absolute Gasteiger partial charge is 0.378 e. The number of benzene rings is 1. The number of likely N-dealkylation sites (tertiary alicyclic amines) is 2. The maximum atomic E-state index is 12.7. The van der Waals surface area contributed by atoms with Gasteiger partial charge in [0.1, 0.15) is 0 Å². The lowest BCUT2D eigenvalue weighted by molar-refractivity contribution is -0.141. The third-order valence-corrected chi connectivity index (χ3v) is 6.08. The van der Waals surface area contributed by atoms with E-state index in [1.54, 1.807) is 6.08 Å². The molecule has 3 rings (SSSR count). The highest BCUT2D eigenvalue weighted by Crippen LogP contribution is 2.40. The number of carbonyl (C=O) groups is 2. The molecule has 1 spiro atoms. The number of nitrogens with zero attached hydrogens (tertiary/aromatic N) is 3. The molecule has 0 aliphatic carbocycles. The normalized spacial score (nSPS) is 19.3. The molecule has 27 heavy (non-hydrogen) atoms. The summed E-state index contributed by atoms with van der Waals surface area (Å²) in [5.74, 6) is 0.442. The van der Waals surface area contributed by atoms with Gasteiger partial charge in [-0.3, -0.25) is 9.59 Å². The second-order valence-electron chi connectivity index (χ2n) is 8.18. The Bertz CT molecular complexity index is 688. The van der Waals surface area contributed by atoms with E-state index in [4.69, 9.17) is 0 Å². The van der Waals surface area contributed by atoms with Crippen LogP contribution in [0.4, 0.5) is 5.69 Å². The molecule has 1 aromatic rings. The van der Waals surface area contributed by atoms with Gasteiger partial charge in [-0.2, -0.15) is 0 Å². The molecule has 0 atom stereocenters. The number of rotatable bonds is 5. The molecule has 5 heteroatoms. The Morgan fingerprint density at radius 1 is 1.19 bits per heavy atom. The quantitative estimate of drug-likeness (QED) is 0.750. The van der Waals surface area contributed by atoms with Crippen molar-refractivity contribution in [2.45, 2.75) is 32.1 Å². The predicted octanol–water partition coefficient (Wildman–Crippen LogP) is 2.71. The Morgan fingerprint density at radius 2 is 1.85 bits per heavy atom. The Labute approximate surface area is 162 Å². The standard InChI is InChI=1S/C22H31N3O2/c1-4-13-25-17-22(10-9-20(25)26)11-14-24(15-12-22)21(27)16-18-5-7-19(8-6-18)23(2)3/h4-8H,1,9-17H2,2-3H3. The number of carbonyl (C=O) groups excluding carboxylic acids is 2. The van der Waals surface area contributed by atoms with E-state index in [-0.39, 0.29) is 17.2 Å². The Morgan fingerprint density at radius 3 is 2.44 bits per heavy atom. The molecule has 5 nitrogen and oxygen atoms in total. The molecule has 2 heterocycles. The van der Waals surface area contributed by atoms with Gasteiger partial charge in [-0.15, -0.1) is 6.58 Å². The van der Waals surface area contributed by atoms with Crippen molar-refractivity contribution < 1.29 is 9.59 Å². The van der Waals surface area contributed by atoms with Crippen molar-refractivity contribution in [3.8, 4) is 0 Å². The summed E-state index contributed by atoms with van der Waals surface area (Å²) < 4.78 is 0. The summed E-state index contributed by atoms with van der Waals surface area (Å²) >= 11 is 0. The first-order valence-corrected chi connectivity index (χ1v) is 9.85. The van der Waals surface area contributed by atoms with E-state index < -0.39 is 0 Å². The summed E-state index contributed by atoms with van der Waals surface area (Å²) in [6.07, 6.45) is 5.81. The average Bonchev–Trinajstić information content (AvgIpc) is 2.66. The predicted molar refractivity (Wildman–Crippen MR) is 109 cm³/mol. The third-order valence-electron chi connectivity index (χ3n) is 6.08. The van der Waals surface area contributed by atoms with Crippen LogP contribution in [0.3, 0.4) is 0 Å². The topological polar surface area (TPSA) is 43.9 Å². The van der Waals surface area contributed by atoms with Crippen LogP contribution in [0.2, 0.25) is 0 Å². The molecular weight excluding hydrogens is 338 g/mol. The molecular formula is C22H31N3O2. The second-order valence-corrected chi connectivity index (χ2v) is 8.18. The molecule has 0 aromatic heterocycles. The van der Waals surface area contributed by atoms with Gasteiger partial charge in [0.15, 0.2) is 0 Å². The molecule has 2 saturated heterocycles. The van der Waals surface area contributed by atoms with Crippen LogP contribution in [0.5, 0.6) is 0 Å². The molecule has 0 radical (unpaired) electrons. The van der Waals surface area contributed by atoms with Crippen molar-refractivity contribution in [1.82, 2.24) is 9.80 Å². The first-order valence-electron chi connectivity index (χ1n) is 9.85. The molecule has 2 aliphatic rings. The van der Waals surface area contributed by atoms with E-state index >= 15 is 0 Å². The zero-order valence-corrected chi connectivity index (χ0v) is 16.6. The third kappa shape index (κ3) is 4.52. The van der Waals surface area contributed by atoms with Crippen LogP contribution in [-0.2, 0) is 16.0 Å². The van der Waals surface area contributed by atoms with Gasteiger partial charge in [-0.1, -0.05) is 18.2 Å². The zero-order chi connectivity index (χ0) is 19.4. The Hall–Kier alpha value is -2.30. The average molecular weight is 370 g/mol. The second kappa shape index (κ2) is 8.15. The van der Waals surface area contributed by atoms with Gasteiger partial charge < -0.3 is 14.7 Å². The molecule has 2 aliphatic heterocycles. The summed E-state index contributed by atoms with van der Waals surface area (Å²) in [4.78, 5) is 30.8. The highest BCUT2D eigenvalue weighted by atomic mass is 16.2. The molecule has 1 aromatic carbocycles.